The van der Waals surface area contributed by atoms with Gasteiger partial charge in [-0.3, -0.25) is 13.9 Å². The molecule has 0 aliphatic carbocycles. The second kappa shape index (κ2) is 12.6. The zero-order valence-corrected chi connectivity index (χ0v) is 23.3. The van der Waals surface area contributed by atoms with Crippen LogP contribution in [0.5, 0.6) is 5.75 Å². The number of hydrogen-bond donors (Lipinski definition) is 1. The normalized spacial score (nSPS) is 11.9. The van der Waals surface area contributed by atoms with Crippen LogP contribution in [-0.4, -0.2) is 51.9 Å². The topological polar surface area (TPSA) is 96.0 Å². The molecule has 1 atom stereocenters. The summed E-state index contributed by atoms with van der Waals surface area (Å²) in [5.41, 5.74) is 3.06. The van der Waals surface area contributed by atoms with Gasteiger partial charge in [0.25, 0.3) is 10.0 Å². The van der Waals surface area contributed by atoms with Crippen LogP contribution in [-0.2, 0) is 26.2 Å². The number of carbonyl (C=O) groups excluding carboxylic acids is 2. The van der Waals surface area contributed by atoms with Gasteiger partial charge in [-0.2, -0.15) is 0 Å². The van der Waals surface area contributed by atoms with E-state index in [1.807, 2.05) is 39.0 Å². The van der Waals surface area contributed by atoms with E-state index in [1.54, 1.807) is 49.6 Å². The molecule has 0 aliphatic heterocycles. The first kappa shape index (κ1) is 28.7. The maximum Gasteiger partial charge on any atom is 0.264 e. The molecule has 3 rings (SSSR count). The number of rotatable bonds is 11. The molecule has 0 saturated carbocycles. The molecule has 0 heterocycles. The van der Waals surface area contributed by atoms with Crippen molar-refractivity contribution < 1.29 is 22.7 Å². The summed E-state index contributed by atoms with van der Waals surface area (Å²) in [5.74, 6) is -0.146. The van der Waals surface area contributed by atoms with Crippen molar-refractivity contribution in [2.45, 2.75) is 44.7 Å². The van der Waals surface area contributed by atoms with E-state index in [-0.39, 0.29) is 17.3 Å². The first-order valence-electron chi connectivity index (χ1n) is 12.4. The van der Waals surface area contributed by atoms with Crippen LogP contribution in [0, 0.1) is 13.8 Å². The second-order valence-corrected chi connectivity index (χ2v) is 10.9. The molecule has 0 fully saturated rings. The van der Waals surface area contributed by atoms with E-state index in [0.717, 1.165) is 21.0 Å². The Morgan fingerprint density at radius 2 is 1.61 bits per heavy atom. The van der Waals surface area contributed by atoms with Crippen LogP contribution in [0.3, 0.4) is 0 Å². The summed E-state index contributed by atoms with van der Waals surface area (Å²) >= 11 is 0. The average Bonchev–Trinajstić information content (AvgIpc) is 2.93. The highest BCUT2D eigenvalue weighted by atomic mass is 32.2. The Hall–Kier alpha value is -3.85. The lowest BCUT2D eigenvalue weighted by atomic mass is 10.1. The number of carbonyl (C=O) groups is 2. The number of benzene rings is 3. The first-order chi connectivity index (χ1) is 18.1. The van der Waals surface area contributed by atoms with Gasteiger partial charge in [0, 0.05) is 13.6 Å². The Morgan fingerprint density at radius 1 is 0.947 bits per heavy atom. The van der Waals surface area contributed by atoms with Gasteiger partial charge < -0.3 is 15.0 Å². The lowest BCUT2D eigenvalue weighted by Crippen LogP contribution is -2.51. The fraction of sp³-hybridized carbons (Fsp3) is 0.310. The maximum absolute atomic E-state index is 13.9. The van der Waals surface area contributed by atoms with Gasteiger partial charge in [0.15, 0.2) is 0 Å². The summed E-state index contributed by atoms with van der Waals surface area (Å²) in [5, 5.41) is 2.63. The van der Waals surface area contributed by atoms with E-state index in [0.29, 0.717) is 17.9 Å². The van der Waals surface area contributed by atoms with Crippen LogP contribution in [0.15, 0.2) is 77.7 Å². The van der Waals surface area contributed by atoms with Gasteiger partial charge in [0.2, 0.25) is 11.8 Å². The molecule has 9 heteroatoms. The van der Waals surface area contributed by atoms with Gasteiger partial charge >= 0.3 is 0 Å². The van der Waals surface area contributed by atoms with Crippen LogP contribution in [0.2, 0.25) is 0 Å². The zero-order chi connectivity index (χ0) is 27.9. The summed E-state index contributed by atoms with van der Waals surface area (Å²) in [7, 11) is -1.000. The summed E-state index contributed by atoms with van der Waals surface area (Å²) in [6.45, 7) is 5.30. The number of hydrogen-bond acceptors (Lipinski definition) is 5. The van der Waals surface area contributed by atoms with E-state index >= 15 is 0 Å². The molecule has 3 aromatic rings. The van der Waals surface area contributed by atoms with Crippen molar-refractivity contribution in [2.24, 2.45) is 0 Å². The number of anilines is 1. The SMILES string of the molecule is CC[C@H](C(=O)NC)N(Cc1ccc(OC)cc1)C(=O)CN(c1ccc(C)c(C)c1)S(=O)(=O)c1ccccc1. The number of amides is 2. The minimum absolute atomic E-state index is 0.0751. The molecule has 8 nitrogen and oxygen atoms in total. The summed E-state index contributed by atoms with van der Waals surface area (Å²) in [4.78, 5) is 28.2. The molecule has 0 saturated heterocycles. The molecule has 2 amide bonds. The molecule has 0 unspecified atom stereocenters. The standard InChI is InChI=1S/C29H35N3O5S/c1-6-27(29(34)30-4)31(19-23-13-16-25(37-5)17-14-23)28(33)20-32(24-15-12-21(2)22(3)18-24)38(35,36)26-10-8-7-9-11-26/h7-18,27H,6,19-20H2,1-5H3,(H,30,34)/t27-/m1/s1. The Balaban J connectivity index is 2.06. The maximum atomic E-state index is 13.9. The van der Waals surface area contributed by atoms with E-state index in [1.165, 1.54) is 24.1 Å². The van der Waals surface area contributed by atoms with E-state index in [2.05, 4.69) is 5.32 Å². The smallest absolute Gasteiger partial charge is 0.264 e. The molecule has 1 N–H and O–H groups in total. The van der Waals surface area contributed by atoms with Gasteiger partial charge in [-0.05, 0) is 73.4 Å². The molecule has 0 radical (unpaired) electrons. The van der Waals surface area contributed by atoms with Crippen LogP contribution < -0.4 is 14.4 Å². The fourth-order valence-electron chi connectivity index (χ4n) is 4.14. The summed E-state index contributed by atoms with van der Waals surface area (Å²) < 4.78 is 34.0. The number of ether oxygens (including phenoxy) is 1. The third kappa shape index (κ3) is 6.52. The highest BCUT2D eigenvalue weighted by molar-refractivity contribution is 7.92. The molecular weight excluding hydrogens is 502 g/mol. The first-order valence-corrected chi connectivity index (χ1v) is 13.8. The van der Waals surface area contributed by atoms with Crippen LogP contribution in [0.25, 0.3) is 0 Å². The monoisotopic (exact) mass is 537 g/mol. The highest BCUT2D eigenvalue weighted by Crippen LogP contribution is 2.27. The molecule has 0 aromatic heterocycles. The van der Waals surface area contributed by atoms with Crippen molar-refractivity contribution in [1.82, 2.24) is 10.2 Å². The molecule has 0 spiro atoms. The summed E-state index contributed by atoms with van der Waals surface area (Å²) in [6, 6.07) is 19.7. The largest absolute Gasteiger partial charge is 0.497 e. The fourth-order valence-corrected chi connectivity index (χ4v) is 5.57. The molecule has 3 aromatic carbocycles. The number of likely N-dealkylation sites (N-methyl/N-ethyl adjacent to an activating group) is 1. The van der Waals surface area contributed by atoms with Crippen molar-refractivity contribution in [2.75, 3.05) is 25.0 Å². The van der Waals surface area contributed by atoms with Gasteiger partial charge in [0.05, 0.1) is 17.7 Å². The van der Waals surface area contributed by atoms with Crippen molar-refractivity contribution in [3.05, 3.63) is 89.5 Å². The molecule has 0 bridgehead atoms. The second-order valence-electron chi connectivity index (χ2n) is 9.00. The Bertz CT molecular complexity index is 1360. The third-order valence-corrected chi connectivity index (χ3v) is 8.32. The molecule has 202 valence electrons. The highest BCUT2D eigenvalue weighted by Gasteiger charge is 2.33. The van der Waals surface area contributed by atoms with Crippen LogP contribution >= 0.6 is 0 Å². The van der Waals surface area contributed by atoms with Crippen molar-refractivity contribution in [1.29, 1.82) is 0 Å². The van der Waals surface area contributed by atoms with Crippen molar-refractivity contribution in [3.63, 3.8) is 0 Å². The number of methoxy groups -OCH3 is 1. The van der Waals surface area contributed by atoms with Gasteiger partial charge in [-0.15, -0.1) is 0 Å². The Morgan fingerprint density at radius 3 is 2.16 bits per heavy atom. The Kier molecular flexibility index (Phi) is 9.52. The van der Waals surface area contributed by atoms with E-state index in [9.17, 15) is 18.0 Å². The third-order valence-electron chi connectivity index (χ3n) is 6.53. The Labute approximate surface area is 225 Å². The van der Waals surface area contributed by atoms with Gasteiger partial charge in [0.1, 0.15) is 18.3 Å². The quantitative estimate of drug-likeness (QED) is 0.398. The van der Waals surface area contributed by atoms with Crippen molar-refractivity contribution in [3.8, 4) is 5.75 Å². The number of sulfonamides is 1. The minimum Gasteiger partial charge on any atom is -0.497 e. The van der Waals surface area contributed by atoms with Gasteiger partial charge in [-0.25, -0.2) is 8.42 Å². The summed E-state index contributed by atoms with van der Waals surface area (Å²) in [6.07, 6.45) is 0.358. The van der Waals surface area contributed by atoms with Crippen molar-refractivity contribution >= 4 is 27.5 Å². The molecular formula is C29H35N3O5S. The lowest BCUT2D eigenvalue weighted by molar-refractivity contribution is -0.140. The van der Waals surface area contributed by atoms with Gasteiger partial charge in [-0.1, -0.05) is 43.3 Å². The molecule has 0 aliphatic rings. The average molecular weight is 538 g/mol. The predicted octanol–water partition coefficient (Wildman–Crippen LogP) is 4.06. The molecule has 38 heavy (non-hydrogen) atoms. The zero-order valence-electron chi connectivity index (χ0n) is 22.5. The number of nitrogens with one attached hydrogen (secondary N) is 1. The predicted molar refractivity (Wildman–Crippen MR) is 149 cm³/mol. The number of aryl methyl sites for hydroxylation is 2. The lowest BCUT2D eigenvalue weighted by Gasteiger charge is -2.33. The van der Waals surface area contributed by atoms with Crippen LogP contribution in [0.1, 0.15) is 30.0 Å². The minimum atomic E-state index is -4.08. The van der Waals surface area contributed by atoms with Crippen LogP contribution in [0.4, 0.5) is 5.69 Å². The number of nitrogens with zero attached hydrogens (tertiary/aromatic N) is 2. The van der Waals surface area contributed by atoms with E-state index < -0.39 is 28.5 Å². The van der Waals surface area contributed by atoms with E-state index in [4.69, 9.17) is 4.74 Å².